The number of Topliss-reactive ketones (excluding diaryl/α,β-unsaturated/α-hetero) is 1. The van der Waals surface area contributed by atoms with Crippen LogP contribution in [0.5, 0.6) is 0 Å². The van der Waals surface area contributed by atoms with Gasteiger partial charge in [0.25, 0.3) is 0 Å². The summed E-state index contributed by atoms with van der Waals surface area (Å²) < 4.78 is 0. The monoisotopic (exact) mass is 222 g/mol. The zero-order valence-electron chi connectivity index (χ0n) is 9.45. The fraction of sp³-hybridized carbons (Fsp3) is 0.615. The Bertz CT molecular complexity index is 353. The summed E-state index contributed by atoms with van der Waals surface area (Å²) in [4.78, 5) is 13.2. The van der Waals surface area contributed by atoms with Gasteiger partial charge in [0, 0.05) is 5.92 Å². The predicted molar refractivity (Wildman–Crippen MR) is 64.5 cm³/mol. The van der Waals surface area contributed by atoms with Crippen LogP contribution in [0.15, 0.2) is 11.4 Å². The molecule has 1 saturated carbocycles. The Hall–Kier alpha value is -0.630. The molecule has 2 rings (SSSR count). The fourth-order valence-electron chi connectivity index (χ4n) is 2.49. The molecule has 82 valence electrons. The van der Waals surface area contributed by atoms with E-state index in [2.05, 4.69) is 6.92 Å². The Morgan fingerprint density at radius 3 is 2.87 bits per heavy atom. The van der Waals surface area contributed by atoms with Gasteiger partial charge in [-0.2, -0.15) is 0 Å². The standard InChI is InChI=1S/C13H18OS/c1-3-10-4-5-11(8-10)12(14)13-9(2)6-7-15-13/h6-7,10-11H,3-5,8H2,1-2H3. The average Bonchev–Trinajstić information content (AvgIpc) is 2.84. The van der Waals surface area contributed by atoms with Crippen molar-refractivity contribution in [3.8, 4) is 0 Å². The minimum Gasteiger partial charge on any atom is -0.293 e. The lowest BCUT2D eigenvalue weighted by molar-refractivity contribution is 0.0923. The highest BCUT2D eigenvalue weighted by molar-refractivity contribution is 7.12. The molecule has 1 aliphatic carbocycles. The van der Waals surface area contributed by atoms with E-state index in [9.17, 15) is 4.79 Å². The van der Waals surface area contributed by atoms with Crippen LogP contribution in [0.2, 0.25) is 0 Å². The highest BCUT2D eigenvalue weighted by atomic mass is 32.1. The van der Waals surface area contributed by atoms with Crippen molar-refractivity contribution in [3.63, 3.8) is 0 Å². The molecule has 2 heteroatoms. The summed E-state index contributed by atoms with van der Waals surface area (Å²) in [6, 6.07) is 2.05. The van der Waals surface area contributed by atoms with Gasteiger partial charge < -0.3 is 0 Å². The maximum atomic E-state index is 12.2. The van der Waals surface area contributed by atoms with Gasteiger partial charge in [-0.25, -0.2) is 0 Å². The molecule has 1 fully saturated rings. The zero-order valence-corrected chi connectivity index (χ0v) is 10.3. The molecule has 0 N–H and O–H groups in total. The molecular formula is C13H18OS. The first-order valence-corrected chi connectivity index (χ1v) is 6.68. The number of carbonyl (C=O) groups is 1. The van der Waals surface area contributed by atoms with E-state index < -0.39 is 0 Å². The molecule has 0 spiro atoms. The molecular weight excluding hydrogens is 204 g/mol. The van der Waals surface area contributed by atoms with Crippen molar-refractivity contribution < 1.29 is 4.79 Å². The van der Waals surface area contributed by atoms with Crippen molar-refractivity contribution in [2.45, 2.75) is 39.5 Å². The second-order valence-corrected chi connectivity index (χ2v) is 5.50. The van der Waals surface area contributed by atoms with Crippen LogP contribution < -0.4 is 0 Å². The van der Waals surface area contributed by atoms with Gasteiger partial charge in [-0.1, -0.05) is 13.3 Å². The van der Waals surface area contributed by atoms with Gasteiger partial charge in [-0.05, 0) is 49.1 Å². The molecule has 0 radical (unpaired) electrons. The minimum atomic E-state index is 0.312. The quantitative estimate of drug-likeness (QED) is 0.705. The molecule has 1 heterocycles. The Labute approximate surface area is 95.5 Å². The Kier molecular flexibility index (Phi) is 3.25. The van der Waals surface area contributed by atoms with Crippen molar-refractivity contribution >= 4 is 17.1 Å². The van der Waals surface area contributed by atoms with Crippen molar-refractivity contribution in [3.05, 3.63) is 21.9 Å². The number of rotatable bonds is 3. The first kappa shape index (κ1) is 10.9. The van der Waals surface area contributed by atoms with Crippen LogP contribution in [0, 0.1) is 18.8 Å². The van der Waals surface area contributed by atoms with Crippen LogP contribution in [-0.2, 0) is 0 Å². The van der Waals surface area contributed by atoms with Crippen molar-refractivity contribution in [2.75, 3.05) is 0 Å². The summed E-state index contributed by atoms with van der Waals surface area (Å²) >= 11 is 1.60. The maximum absolute atomic E-state index is 12.2. The topological polar surface area (TPSA) is 17.1 Å². The second kappa shape index (κ2) is 4.48. The summed E-state index contributed by atoms with van der Waals surface area (Å²) in [5.41, 5.74) is 1.16. The predicted octanol–water partition coefficient (Wildman–Crippen LogP) is 4.07. The van der Waals surface area contributed by atoms with Crippen molar-refractivity contribution in [2.24, 2.45) is 11.8 Å². The van der Waals surface area contributed by atoms with Crippen LogP contribution in [0.25, 0.3) is 0 Å². The molecule has 0 bridgehead atoms. The zero-order chi connectivity index (χ0) is 10.8. The lowest BCUT2D eigenvalue weighted by Crippen LogP contribution is -2.11. The van der Waals surface area contributed by atoms with Gasteiger partial charge in [0.1, 0.15) is 0 Å². The van der Waals surface area contributed by atoms with Crippen LogP contribution in [0.3, 0.4) is 0 Å². The number of carbonyl (C=O) groups excluding carboxylic acids is 1. The van der Waals surface area contributed by atoms with Gasteiger partial charge in [0.05, 0.1) is 4.88 Å². The van der Waals surface area contributed by atoms with E-state index in [1.54, 1.807) is 11.3 Å². The summed E-state index contributed by atoms with van der Waals surface area (Å²) in [6.45, 7) is 4.27. The number of aryl methyl sites for hydroxylation is 1. The lowest BCUT2D eigenvalue weighted by atomic mass is 9.97. The molecule has 2 atom stereocenters. The lowest BCUT2D eigenvalue weighted by Gasteiger charge is -2.08. The average molecular weight is 222 g/mol. The van der Waals surface area contributed by atoms with Gasteiger partial charge in [0.2, 0.25) is 0 Å². The van der Waals surface area contributed by atoms with E-state index in [4.69, 9.17) is 0 Å². The third-order valence-corrected chi connectivity index (χ3v) is 4.61. The van der Waals surface area contributed by atoms with Crippen molar-refractivity contribution in [1.82, 2.24) is 0 Å². The van der Waals surface area contributed by atoms with E-state index in [-0.39, 0.29) is 0 Å². The summed E-state index contributed by atoms with van der Waals surface area (Å²) in [6.07, 6.45) is 4.70. The van der Waals surface area contributed by atoms with Crippen LogP contribution >= 0.6 is 11.3 Å². The fourth-order valence-corrected chi connectivity index (χ4v) is 3.44. The Morgan fingerprint density at radius 2 is 2.33 bits per heavy atom. The molecule has 0 aliphatic heterocycles. The molecule has 0 saturated heterocycles. The largest absolute Gasteiger partial charge is 0.293 e. The third-order valence-electron chi connectivity index (χ3n) is 3.58. The second-order valence-electron chi connectivity index (χ2n) is 4.58. The molecule has 1 aromatic rings. The molecule has 1 aromatic heterocycles. The number of hydrogen-bond acceptors (Lipinski definition) is 2. The Balaban J connectivity index is 2.07. The van der Waals surface area contributed by atoms with E-state index in [1.807, 2.05) is 18.4 Å². The van der Waals surface area contributed by atoms with E-state index in [1.165, 1.54) is 12.8 Å². The van der Waals surface area contributed by atoms with Crippen molar-refractivity contribution in [1.29, 1.82) is 0 Å². The smallest absolute Gasteiger partial charge is 0.176 e. The van der Waals surface area contributed by atoms with E-state index in [0.717, 1.165) is 29.2 Å². The van der Waals surface area contributed by atoms with Gasteiger partial charge in [0.15, 0.2) is 5.78 Å². The van der Waals surface area contributed by atoms with Crippen LogP contribution in [-0.4, -0.2) is 5.78 Å². The molecule has 2 unspecified atom stereocenters. The molecule has 1 nitrogen and oxygen atoms in total. The normalized spacial score (nSPS) is 25.7. The van der Waals surface area contributed by atoms with E-state index >= 15 is 0 Å². The maximum Gasteiger partial charge on any atom is 0.176 e. The highest BCUT2D eigenvalue weighted by Crippen LogP contribution is 2.36. The minimum absolute atomic E-state index is 0.312. The molecule has 15 heavy (non-hydrogen) atoms. The first-order valence-electron chi connectivity index (χ1n) is 5.80. The molecule has 0 aromatic carbocycles. The SMILES string of the molecule is CCC1CCC(C(=O)c2sccc2C)C1. The molecule has 0 amide bonds. The van der Waals surface area contributed by atoms with Gasteiger partial charge in [-0.15, -0.1) is 11.3 Å². The van der Waals surface area contributed by atoms with Crippen LogP contribution in [0.1, 0.15) is 47.8 Å². The third kappa shape index (κ3) is 2.15. The number of hydrogen-bond donors (Lipinski definition) is 0. The summed E-state index contributed by atoms with van der Waals surface area (Å²) in [7, 11) is 0. The van der Waals surface area contributed by atoms with E-state index in [0.29, 0.717) is 11.7 Å². The molecule has 1 aliphatic rings. The van der Waals surface area contributed by atoms with Gasteiger partial charge in [-0.3, -0.25) is 4.79 Å². The number of ketones is 1. The van der Waals surface area contributed by atoms with Crippen LogP contribution in [0.4, 0.5) is 0 Å². The Morgan fingerprint density at radius 1 is 1.53 bits per heavy atom. The summed E-state index contributed by atoms with van der Waals surface area (Å²) in [5.74, 6) is 1.50. The van der Waals surface area contributed by atoms with Gasteiger partial charge >= 0.3 is 0 Å². The summed E-state index contributed by atoms with van der Waals surface area (Å²) in [5, 5.41) is 2.02. The highest BCUT2D eigenvalue weighted by Gasteiger charge is 2.30. The number of thiophene rings is 1. The first-order chi connectivity index (χ1) is 7.22.